The Morgan fingerprint density at radius 2 is 1.59 bits per heavy atom. The van der Waals surface area contributed by atoms with Gasteiger partial charge in [0.2, 0.25) is 0 Å². The molecule has 1 heterocycles. The fourth-order valence-electron chi connectivity index (χ4n) is 5.15. The molecule has 1 aliphatic heterocycles. The highest BCUT2D eigenvalue weighted by molar-refractivity contribution is 5.28. The topological polar surface area (TPSA) is 18.5 Å². The number of rotatable bonds is 7. The van der Waals surface area contributed by atoms with E-state index in [-0.39, 0.29) is 24.7 Å². The average molecular weight is 409 g/mol. The van der Waals surface area contributed by atoms with Gasteiger partial charge in [-0.25, -0.2) is 4.39 Å². The van der Waals surface area contributed by atoms with Crippen LogP contribution < -0.4 is 0 Å². The van der Waals surface area contributed by atoms with Gasteiger partial charge in [0.15, 0.2) is 6.29 Å². The van der Waals surface area contributed by atoms with Crippen LogP contribution in [0.5, 0.6) is 0 Å². The zero-order valence-electron chi connectivity index (χ0n) is 18.0. The smallest absolute Gasteiger partial charge is 0.160 e. The van der Waals surface area contributed by atoms with Gasteiger partial charge in [-0.1, -0.05) is 25.7 Å². The number of halogens is 2. The first-order valence-corrected chi connectivity index (χ1v) is 11.6. The second kappa shape index (κ2) is 11.4. The molecule has 0 bridgehead atoms. The molecular formula is C25H38F2O2. The first kappa shape index (κ1) is 22.7. The Morgan fingerprint density at radius 1 is 0.966 bits per heavy atom. The number of alkyl halides is 1. The highest BCUT2D eigenvalue weighted by Crippen LogP contribution is 2.39. The molecule has 0 aromatic heterocycles. The lowest BCUT2D eigenvalue weighted by atomic mass is 9.77. The summed E-state index contributed by atoms with van der Waals surface area (Å²) in [7, 11) is 0. The van der Waals surface area contributed by atoms with Crippen LogP contribution in [0.25, 0.3) is 0 Å². The molecule has 2 nitrogen and oxygen atoms in total. The van der Waals surface area contributed by atoms with Crippen molar-refractivity contribution in [2.75, 3.05) is 19.9 Å². The van der Waals surface area contributed by atoms with Crippen LogP contribution in [0.3, 0.4) is 0 Å². The van der Waals surface area contributed by atoms with Crippen LogP contribution in [0.1, 0.15) is 64.7 Å². The minimum atomic E-state index is -0.226. The molecule has 4 heteroatoms. The fraction of sp³-hybridized carbons (Fsp3) is 0.760. The maximum Gasteiger partial charge on any atom is 0.160 e. The lowest BCUT2D eigenvalue weighted by Gasteiger charge is -2.37. The Morgan fingerprint density at radius 3 is 2.17 bits per heavy atom. The van der Waals surface area contributed by atoms with Gasteiger partial charge in [0.05, 0.1) is 19.9 Å². The van der Waals surface area contributed by atoms with Crippen molar-refractivity contribution in [2.24, 2.45) is 29.6 Å². The summed E-state index contributed by atoms with van der Waals surface area (Å²) in [6.45, 7) is 7.32. The van der Waals surface area contributed by atoms with Crippen LogP contribution in [0.2, 0.25) is 0 Å². The largest absolute Gasteiger partial charge is 0.352 e. The number of ether oxygens (including phenoxy) is 2. The van der Waals surface area contributed by atoms with Crippen LogP contribution in [0, 0.1) is 29.6 Å². The lowest BCUT2D eigenvalue weighted by molar-refractivity contribution is -0.226. The van der Waals surface area contributed by atoms with E-state index in [1.165, 1.54) is 0 Å². The molecule has 0 unspecified atom stereocenters. The SMILES string of the molecule is C=C/C=C(\C=C(\F)CC1CCC(CF)CC1)C1CCC(C2OCC(C)CO2)CC1. The van der Waals surface area contributed by atoms with Gasteiger partial charge >= 0.3 is 0 Å². The van der Waals surface area contributed by atoms with Crippen molar-refractivity contribution in [3.05, 3.63) is 36.2 Å². The van der Waals surface area contributed by atoms with E-state index in [0.717, 1.165) is 70.2 Å². The van der Waals surface area contributed by atoms with Crippen LogP contribution in [0.15, 0.2) is 36.2 Å². The average Bonchev–Trinajstić information content (AvgIpc) is 2.75. The third-order valence-electron chi connectivity index (χ3n) is 7.02. The van der Waals surface area contributed by atoms with Crippen molar-refractivity contribution in [2.45, 2.75) is 71.0 Å². The second-order valence-electron chi connectivity index (χ2n) is 9.49. The molecular weight excluding hydrogens is 370 g/mol. The van der Waals surface area contributed by atoms with Gasteiger partial charge < -0.3 is 9.47 Å². The molecule has 0 amide bonds. The van der Waals surface area contributed by atoms with E-state index >= 15 is 0 Å². The Kier molecular flexibility index (Phi) is 8.92. The van der Waals surface area contributed by atoms with E-state index in [1.54, 1.807) is 12.2 Å². The van der Waals surface area contributed by atoms with Crippen molar-refractivity contribution in [3.8, 4) is 0 Å². The Balaban J connectivity index is 1.50. The van der Waals surface area contributed by atoms with E-state index in [0.29, 0.717) is 30.1 Å². The first-order chi connectivity index (χ1) is 14.1. The second-order valence-corrected chi connectivity index (χ2v) is 9.49. The monoisotopic (exact) mass is 408 g/mol. The Labute approximate surface area is 175 Å². The van der Waals surface area contributed by atoms with Gasteiger partial charge in [0.1, 0.15) is 5.83 Å². The van der Waals surface area contributed by atoms with E-state index < -0.39 is 0 Å². The summed E-state index contributed by atoms with van der Waals surface area (Å²) in [4.78, 5) is 0. The van der Waals surface area contributed by atoms with Crippen LogP contribution >= 0.6 is 0 Å². The van der Waals surface area contributed by atoms with Gasteiger partial charge in [0, 0.05) is 18.3 Å². The van der Waals surface area contributed by atoms with Gasteiger partial charge in [-0.3, -0.25) is 4.39 Å². The third kappa shape index (κ3) is 6.75. The standard InChI is InChI=1S/C25H38F2O2/c1-3-4-23(14-24(27)13-19-5-7-20(15-26)8-6-19)21-9-11-22(12-10-21)25-28-16-18(2)17-29-25/h3-4,14,18-22,25H,1,5-13,15-17H2,2H3/b23-4+,24-14+. The predicted octanol–water partition coefficient (Wildman–Crippen LogP) is 6.93. The first-order valence-electron chi connectivity index (χ1n) is 11.6. The van der Waals surface area contributed by atoms with E-state index in [1.807, 2.05) is 6.08 Å². The lowest BCUT2D eigenvalue weighted by Crippen LogP contribution is -2.37. The summed E-state index contributed by atoms with van der Waals surface area (Å²) in [5, 5.41) is 0. The summed E-state index contributed by atoms with van der Waals surface area (Å²) in [5.41, 5.74) is 1.06. The van der Waals surface area contributed by atoms with Gasteiger partial charge in [-0.15, -0.1) is 0 Å². The fourth-order valence-corrected chi connectivity index (χ4v) is 5.15. The molecule has 0 radical (unpaired) electrons. The number of allylic oxidation sites excluding steroid dienone is 5. The van der Waals surface area contributed by atoms with Crippen LogP contribution in [-0.4, -0.2) is 26.2 Å². The van der Waals surface area contributed by atoms with Crippen molar-refractivity contribution in [1.82, 2.24) is 0 Å². The minimum Gasteiger partial charge on any atom is -0.352 e. The van der Waals surface area contributed by atoms with Crippen molar-refractivity contribution in [3.63, 3.8) is 0 Å². The molecule has 0 atom stereocenters. The van der Waals surface area contributed by atoms with E-state index in [4.69, 9.17) is 9.47 Å². The molecule has 0 aromatic rings. The normalized spacial score (nSPS) is 37.3. The number of hydrogen-bond acceptors (Lipinski definition) is 2. The molecule has 0 N–H and O–H groups in total. The van der Waals surface area contributed by atoms with Crippen molar-refractivity contribution >= 4 is 0 Å². The Bertz CT molecular complexity index is 561. The predicted molar refractivity (Wildman–Crippen MR) is 114 cm³/mol. The van der Waals surface area contributed by atoms with Crippen molar-refractivity contribution < 1.29 is 18.3 Å². The molecule has 0 aromatic carbocycles. The summed E-state index contributed by atoms with van der Waals surface area (Å²) in [5.74, 6) is 1.83. The molecule has 3 rings (SSSR count). The molecule has 3 aliphatic rings. The van der Waals surface area contributed by atoms with Gasteiger partial charge in [-0.2, -0.15) is 0 Å². The molecule has 29 heavy (non-hydrogen) atoms. The van der Waals surface area contributed by atoms with E-state index in [2.05, 4.69) is 13.5 Å². The molecule has 0 spiro atoms. The molecule has 3 fully saturated rings. The zero-order chi connectivity index (χ0) is 20.6. The summed E-state index contributed by atoms with van der Waals surface area (Å²) in [6, 6.07) is 0. The molecule has 164 valence electrons. The quantitative estimate of drug-likeness (QED) is 0.425. The summed E-state index contributed by atoms with van der Waals surface area (Å²) in [6.07, 6.45) is 13.8. The number of hydrogen-bond donors (Lipinski definition) is 0. The van der Waals surface area contributed by atoms with Gasteiger partial charge in [0.25, 0.3) is 0 Å². The van der Waals surface area contributed by atoms with Crippen LogP contribution in [-0.2, 0) is 9.47 Å². The van der Waals surface area contributed by atoms with E-state index in [9.17, 15) is 8.78 Å². The Hall–Kier alpha value is -1.00. The molecule has 1 saturated heterocycles. The minimum absolute atomic E-state index is 0.0307. The maximum atomic E-state index is 14.8. The van der Waals surface area contributed by atoms with Crippen LogP contribution in [0.4, 0.5) is 8.78 Å². The highest BCUT2D eigenvalue weighted by atomic mass is 19.1. The third-order valence-corrected chi connectivity index (χ3v) is 7.02. The van der Waals surface area contributed by atoms with Crippen molar-refractivity contribution in [1.29, 1.82) is 0 Å². The maximum absolute atomic E-state index is 14.8. The zero-order valence-corrected chi connectivity index (χ0v) is 18.0. The van der Waals surface area contributed by atoms with Gasteiger partial charge in [-0.05, 0) is 80.8 Å². The molecule has 2 aliphatic carbocycles. The molecule has 2 saturated carbocycles. The summed E-state index contributed by atoms with van der Waals surface area (Å²) >= 11 is 0. The highest BCUT2D eigenvalue weighted by Gasteiger charge is 2.32. The summed E-state index contributed by atoms with van der Waals surface area (Å²) < 4.78 is 39.3.